The number of unbranched alkanes of at least 4 members (excludes halogenated alkanes) is 3. The third kappa shape index (κ3) is 5.19. The summed E-state index contributed by atoms with van der Waals surface area (Å²) in [4.78, 5) is 49.4. The molecule has 2 heterocycles. The predicted octanol–water partition coefficient (Wildman–Crippen LogP) is 1.48. The molecule has 0 aromatic rings. The highest BCUT2D eigenvalue weighted by Gasteiger charge is 2.34. The van der Waals surface area contributed by atoms with Crippen LogP contribution in [-0.4, -0.2) is 68.9 Å². The van der Waals surface area contributed by atoms with Crippen LogP contribution in [0.4, 0.5) is 0 Å². The van der Waals surface area contributed by atoms with E-state index >= 15 is 0 Å². The van der Waals surface area contributed by atoms with Crippen LogP contribution in [0.1, 0.15) is 64.2 Å². The van der Waals surface area contributed by atoms with E-state index in [-0.39, 0.29) is 11.8 Å². The van der Waals surface area contributed by atoms with Crippen molar-refractivity contribution in [1.29, 1.82) is 0 Å². The summed E-state index contributed by atoms with van der Waals surface area (Å²) in [6.45, 7) is 1.04. The number of aliphatic carboxylic acids is 2. The lowest BCUT2D eigenvalue weighted by Crippen LogP contribution is -2.40. The Morgan fingerprint density at radius 2 is 1.08 bits per heavy atom. The molecule has 2 atom stereocenters. The summed E-state index contributed by atoms with van der Waals surface area (Å²) in [6, 6.07) is -1.36. The highest BCUT2D eigenvalue weighted by molar-refractivity contribution is 5.84. The first-order valence-corrected chi connectivity index (χ1v) is 9.46. The van der Waals surface area contributed by atoms with Crippen LogP contribution in [0.5, 0.6) is 0 Å². The summed E-state index contributed by atoms with van der Waals surface area (Å²) in [7, 11) is 0. The summed E-state index contributed by atoms with van der Waals surface area (Å²) in [5.41, 5.74) is 0. The molecule has 2 N–H and O–H groups in total. The quantitative estimate of drug-likeness (QED) is 0.596. The Morgan fingerprint density at radius 1 is 0.692 bits per heavy atom. The molecule has 0 spiro atoms. The van der Waals surface area contributed by atoms with Gasteiger partial charge in [0.05, 0.1) is 0 Å². The molecular weight excluding hydrogens is 340 g/mol. The number of hydrogen-bond donors (Lipinski definition) is 2. The molecule has 2 aliphatic rings. The third-order valence-corrected chi connectivity index (χ3v) is 5.25. The molecule has 2 amide bonds. The van der Waals surface area contributed by atoms with Gasteiger partial charge in [-0.05, 0) is 38.5 Å². The van der Waals surface area contributed by atoms with Crippen LogP contribution in [0.15, 0.2) is 0 Å². The van der Waals surface area contributed by atoms with Gasteiger partial charge in [0.15, 0.2) is 0 Å². The standard InChI is InChI=1S/C18H28N2O6/c21-15(19-11-5-7-13(19)17(23)24)9-3-1-2-4-10-16(22)20-12-6-8-14(20)18(25)26/h13-14H,1-12H2,(H,23,24)(H,25,26)/t13-,14-/m1/s1. The second kappa shape index (κ2) is 9.54. The molecule has 26 heavy (non-hydrogen) atoms. The number of hydrogen-bond acceptors (Lipinski definition) is 4. The molecule has 0 bridgehead atoms. The summed E-state index contributed by atoms with van der Waals surface area (Å²) in [5, 5.41) is 18.2. The monoisotopic (exact) mass is 368 g/mol. The van der Waals surface area contributed by atoms with Gasteiger partial charge < -0.3 is 20.0 Å². The van der Waals surface area contributed by atoms with E-state index in [1.807, 2.05) is 0 Å². The van der Waals surface area contributed by atoms with Crippen LogP contribution >= 0.6 is 0 Å². The lowest BCUT2D eigenvalue weighted by atomic mass is 10.1. The molecule has 8 nitrogen and oxygen atoms in total. The number of rotatable bonds is 9. The van der Waals surface area contributed by atoms with Crippen molar-refractivity contribution < 1.29 is 29.4 Å². The number of carboxylic acids is 2. The zero-order valence-corrected chi connectivity index (χ0v) is 15.1. The van der Waals surface area contributed by atoms with Crippen LogP contribution in [0.3, 0.4) is 0 Å². The van der Waals surface area contributed by atoms with Gasteiger partial charge in [0.25, 0.3) is 0 Å². The molecule has 0 radical (unpaired) electrons. The first kappa shape index (κ1) is 20.2. The van der Waals surface area contributed by atoms with E-state index in [1.165, 1.54) is 9.80 Å². The maximum atomic E-state index is 12.1. The molecule has 2 rings (SSSR count). The molecule has 146 valence electrons. The van der Waals surface area contributed by atoms with Gasteiger partial charge in [-0.2, -0.15) is 0 Å². The molecule has 0 unspecified atom stereocenters. The molecule has 2 aliphatic heterocycles. The predicted molar refractivity (Wildman–Crippen MR) is 92.4 cm³/mol. The average Bonchev–Trinajstić information content (AvgIpc) is 3.26. The van der Waals surface area contributed by atoms with Crippen LogP contribution < -0.4 is 0 Å². The van der Waals surface area contributed by atoms with Gasteiger partial charge in [-0.3, -0.25) is 9.59 Å². The van der Waals surface area contributed by atoms with Crippen LogP contribution in [0.25, 0.3) is 0 Å². The smallest absolute Gasteiger partial charge is 0.326 e. The molecule has 2 fully saturated rings. The van der Waals surface area contributed by atoms with Gasteiger partial charge in [-0.25, -0.2) is 9.59 Å². The Labute approximate surface area is 153 Å². The average molecular weight is 368 g/mol. The zero-order chi connectivity index (χ0) is 19.1. The van der Waals surface area contributed by atoms with Crippen molar-refractivity contribution in [3.05, 3.63) is 0 Å². The van der Waals surface area contributed by atoms with Crippen molar-refractivity contribution in [2.75, 3.05) is 13.1 Å². The van der Waals surface area contributed by atoms with E-state index in [1.54, 1.807) is 0 Å². The maximum absolute atomic E-state index is 12.1. The number of carbonyl (C=O) groups is 4. The van der Waals surface area contributed by atoms with Crippen LogP contribution in [0, 0.1) is 0 Å². The number of carbonyl (C=O) groups excluding carboxylic acids is 2. The molecule has 8 heteroatoms. The fourth-order valence-corrected chi connectivity index (χ4v) is 3.84. The summed E-state index contributed by atoms with van der Waals surface area (Å²) < 4.78 is 0. The van der Waals surface area contributed by atoms with Crippen molar-refractivity contribution in [3.63, 3.8) is 0 Å². The fraction of sp³-hybridized carbons (Fsp3) is 0.778. The van der Waals surface area contributed by atoms with E-state index in [9.17, 15) is 19.2 Å². The van der Waals surface area contributed by atoms with E-state index < -0.39 is 24.0 Å². The Kier molecular flexibility index (Phi) is 7.41. The Morgan fingerprint density at radius 3 is 1.42 bits per heavy atom. The largest absolute Gasteiger partial charge is 0.480 e. The number of amides is 2. The van der Waals surface area contributed by atoms with Crippen molar-refractivity contribution in [2.24, 2.45) is 0 Å². The minimum atomic E-state index is -0.934. The summed E-state index contributed by atoms with van der Waals surface area (Å²) in [5.74, 6) is -2.08. The highest BCUT2D eigenvalue weighted by Crippen LogP contribution is 2.21. The lowest BCUT2D eigenvalue weighted by molar-refractivity contribution is -0.148. The SMILES string of the molecule is O=C(O)[C@H]1CCCN1C(=O)CCCCCCC(=O)N1CCC[C@@H]1C(=O)O. The van der Waals surface area contributed by atoms with Crippen molar-refractivity contribution in [1.82, 2.24) is 9.80 Å². The summed E-state index contributed by atoms with van der Waals surface area (Å²) >= 11 is 0. The molecular formula is C18H28N2O6. The van der Waals surface area contributed by atoms with Crippen LogP contribution in [0.2, 0.25) is 0 Å². The number of likely N-dealkylation sites (tertiary alicyclic amines) is 2. The third-order valence-electron chi connectivity index (χ3n) is 5.25. The number of carboxylic acid groups (broad SMARTS) is 2. The first-order chi connectivity index (χ1) is 12.4. The van der Waals surface area contributed by atoms with E-state index in [4.69, 9.17) is 10.2 Å². The van der Waals surface area contributed by atoms with E-state index in [0.29, 0.717) is 51.6 Å². The highest BCUT2D eigenvalue weighted by atomic mass is 16.4. The van der Waals surface area contributed by atoms with Crippen LogP contribution in [-0.2, 0) is 19.2 Å². The van der Waals surface area contributed by atoms with Gasteiger partial charge in [0.1, 0.15) is 12.1 Å². The van der Waals surface area contributed by atoms with E-state index in [2.05, 4.69) is 0 Å². The van der Waals surface area contributed by atoms with Crippen molar-refractivity contribution in [3.8, 4) is 0 Å². The Balaban J connectivity index is 1.59. The Hall–Kier alpha value is -2.12. The van der Waals surface area contributed by atoms with E-state index in [0.717, 1.165) is 25.7 Å². The van der Waals surface area contributed by atoms with Crippen molar-refractivity contribution in [2.45, 2.75) is 76.3 Å². The minimum Gasteiger partial charge on any atom is -0.480 e. The Bertz CT molecular complexity index is 502. The maximum Gasteiger partial charge on any atom is 0.326 e. The van der Waals surface area contributed by atoms with Gasteiger partial charge in [-0.1, -0.05) is 12.8 Å². The van der Waals surface area contributed by atoms with Gasteiger partial charge in [0.2, 0.25) is 11.8 Å². The fourth-order valence-electron chi connectivity index (χ4n) is 3.84. The molecule has 0 aromatic carbocycles. The molecule has 0 saturated carbocycles. The number of nitrogens with zero attached hydrogens (tertiary/aromatic N) is 2. The molecule has 0 aromatic heterocycles. The van der Waals surface area contributed by atoms with Crippen molar-refractivity contribution >= 4 is 23.8 Å². The minimum absolute atomic E-state index is 0.104. The second-order valence-corrected chi connectivity index (χ2v) is 7.08. The van der Waals surface area contributed by atoms with Gasteiger partial charge in [0, 0.05) is 25.9 Å². The normalized spacial score (nSPS) is 22.6. The van der Waals surface area contributed by atoms with Gasteiger partial charge in [-0.15, -0.1) is 0 Å². The topological polar surface area (TPSA) is 115 Å². The first-order valence-electron chi connectivity index (χ1n) is 9.46. The zero-order valence-electron chi connectivity index (χ0n) is 15.1. The second-order valence-electron chi connectivity index (χ2n) is 7.08. The molecule has 0 aliphatic carbocycles. The van der Waals surface area contributed by atoms with Gasteiger partial charge >= 0.3 is 11.9 Å². The lowest BCUT2D eigenvalue weighted by Gasteiger charge is -2.21. The summed E-state index contributed by atoms with van der Waals surface area (Å²) in [6.07, 6.45) is 6.15. The molecule has 2 saturated heterocycles.